The molecular formula is C34H60N12O4. The lowest BCUT2D eigenvalue weighted by atomic mass is 9.85. The molecule has 2 aromatic heterocycles. The molecule has 16 heteroatoms. The summed E-state index contributed by atoms with van der Waals surface area (Å²) in [7, 11) is 0. The average molecular weight is 701 g/mol. The molecule has 280 valence electrons. The minimum Gasteiger partial charge on any atom is -0.377 e. The Balaban J connectivity index is 1.12. The summed E-state index contributed by atoms with van der Waals surface area (Å²) in [5.74, 6) is 4.38. The van der Waals surface area contributed by atoms with E-state index < -0.39 is 0 Å². The molecule has 1 aliphatic heterocycles. The van der Waals surface area contributed by atoms with Gasteiger partial charge in [-0.1, -0.05) is 38.5 Å². The Kier molecular flexibility index (Phi) is 16.5. The lowest BCUT2D eigenvalue weighted by molar-refractivity contribution is 0.0555. The SMILES string of the molecule is C[C@H](Nc1nc2nc(n1)NCCOCCOCCNc1nc(nc(N[C@@H](C)C3CCCCC3)n1)NCCOCCOCCN2)C1CCCCC1. The average Bonchev–Trinajstić information content (AvgIpc) is 3.13. The second kappa shape index (κ2) is 21.8. The van der Waals surface area contributed by atoms with Crippen LogP contribution >= 0.6 is 0 Å². The fourth-order valence-corrected chi connectivity index (χ4v) is 6.69. The fraction of sp³-hybridized carbons (Fsp3) is 0.824. The van der Waals surface area contributed by atoms with Gasteiger partial charge in [-0.05, 0) is 51.4 Å². The van der Waals surface area contributed by atoms with Gasteiger partial charge < -0.3 is 50.8 Å². The first-order chi connectivity index (χ1) is 24.6. The highest BCUT2D eigenvalue weighted by atomic mass is 16.5. The number of nitrogens with zero attached hydrogens (tertiary/aromatic N) is 6. The Morgan fingerprint density at radius 1 is 0.440 bits per heavy atom. The minimum absolute atomic E-state index is 0.284. The zero-order valence-electron chi connectivity index (χ0n) is 30.2. The zero-order valence-corrected chi connectivity index (χ0v) is 30.2. The zero-order chi connectivity index (χ0) is 34.6. The van der Waals surface area contributed by atoms with Crippen LogP contribution in [0.4, 0.5) is 35.7 Å². The van der Waals surface area contributed by atoms with Crippen molar-refractivity contribution in [3.63, 3.8) is 0 Å². The third kappa shape index (κ3) is 13.8. The summed E-state index contributed by atoms with van der Waals surface area (Å²) in [4.78, 5) is 27.7. The third-order valence-electron chi connectivity index (χ3n) is 9.56. The molecule has 0 spiro atoms. The van der Waals surface area contributed by atoms with Crippen molar-refractivity contribution in [2.24, 2.45) is 11.8 Å². The third-order valence-corrected chi connectivity index (χ3v) is 9.56. The van der Waals surface area contributed by atoms with Crippen molar-refractivity contribution in [3.8, 4) is 0 Å². The molecular weight excluding hydrogens is 640 g/mol. The van der Waals surface area contributed by atoms with E-state index in [1.54, 1.807) is 0 Å². The highest BCUT2D eigenvalue weighted by Crippen LogP contribution is 2.29. The van der Waals surface area contributed by atoms with Crippen LogP contribution in [0.3, 0.4) is 0 Å². The smallest absolute Gasteiger partial charge is 0.229 e. The quantitative estimate of drug-likeness (QED) is 0.251. The van der Waals surface area contributed by atoms with Crippen LogP contribution in [-0.2, 0) is 18.9 Å². The first-order valence-electron chi connectivity index (χ1n) is 18.9. The molecule has 0 saturated heterocycles. The number of nitrogens with one attached hydrogen (secondary N) is 6. The van der Waals surface area contributed by atoms with Gasteiger partial charge in [0.05, 0.1) is 52.9 Å². The number of ether oxygens (including phenoxy) is 4. The van der Waals surface area contributed by atoms with Gasteiger partial charge in [0, 0.05) is 38.3 Å². The summed E-state index contributed by atoms with van der Waals surface area (Å²) in [6.07, 6.45) is 12.8. The largest absolute Gasteiger partial charge is 0.377 e. The Morgan fingerprint density at radius 2 is 0.740 bits per heavy atom. The van der Waals surface area contributed by atoms with Crippen molar-refractivity contribution in [2.45, 2.75) is 90.1 Å². The predicted molar refractivity (Wildman–Crippen MR) is 196 cm³/mol. The molecule has 2 aliphatic carbocycles. The second-order valence-corrected chi connectivity index (χ2v) is 13.4. The number of hydrogen-bond donors (Lipinski definition) is 6. The van der Waals surface area contributed by atoms with Gasteiger partial charge in [0.1, 0.15) is 0 Å². The number of anilines is 6. The van der Waals surface area contributed by atoms with Crippen LogP contribution in [0.15, 0.2) is 0 Å². The maximum atomic E-state index is 5.79. The summed E-state index contributed by atoms with van der Waals surface area (Å²) in [5.41, 5.74) is 0. The molecule has 0 amide bonds. The Labute approximate surface area is 297 Å². The molecule has 16 nitrogen and oxygen atoms in total. The minimum atomic E-state index is 0.284. The van der Waals surface area contributed by atoms with Crippen molar-refractivity contribution in [3.05, 3.63) is 0 Å². The van der Waals surface area contributed by atoms with E-state index >= 15 is 0 Å². The van der Waals surface area contributed by atoms with E-state index in [0.29, 0.717) is 127 Å². The molecule has 2 aromatic rings. The van der Waals surface area contributed by atoms with Gasteiger partial charge >= 0.3 is 0 Å². The molecule has 6 N–H and O–H groups in total. The van der Waals surface area contributed by atoms with E-state index in [0.717, 1.165) is 0 Å². The van der Waals surface area contributed by atoms with Crippen molar-refractivity contribution in [1.29, 1.82) is 0 Å². The van der Waals surface area contributed by atoms with Crippen LogP contribution in [0.1, 0.15) is 78.1 Å². The first-order valence-corrected chi connectivity index (χ1v) is 18.9. The van der Waals surface area contributed by atoms with Crippen molar-refractivity contribution >= 4 is 35.7 Å². The monoisotopic (exact) mass is 700 g/mol. The lowest BCUT2D eigenvalue weighted by Gasteiger charge is -2.28. The van der Waals surface area contributed by atoms with Crippen LogP contribution in [0.2, 0.25) is 0 Å². The molecule has 3 heterocycles. The van der Waals surface area contributed by atoms with Crippen LogP contribution in [0, 0.1) is 11.8 Å². The van der Waals surface area contributed by atoms with Crippen LogP contribution in [-0.4, -0.2) is 121 Å². The predicted octanol–water partition coefficient (Wildman–Crippen LogP) is 4.25. The van der Waals surface area contributed by atoms with Gasteiger partial charge in [0.2, 0.25) is 35.7 Å². The molecule has 3 aliphatic rings. The Bertz CT molecular complexity index is 1080. The lowest BCUT2D eigenvalue weighted by Crippen LogP contribution is -2.29. The topological polar surface area (TPSA) is 186 Å². The summed E-state index contributed by atoms with van der Waals surface area (Å²) >= 11 is 0. The van der Waals surface area contributed by atoms with E-state index in [9.17, 15) is 0 Å². The molecule has 0 radical (unpaired) electrons. The molecule has 2 saturated carbocycles. The van der Waals surface area contributed by atoms with E-state index in [1.165, 1.54) is 64.2 Å². The molecule has 2 fully saturated rings. The van der Waals surface area contributed by atoms with Crippen molar-refractivity contribution < 1.29 is 18.9 Å². The summed E-state index contributed by atoms with van der Waals surface area (Å²) in [6, 6.07) is 0.569. The normalized spacial score (nSPS) is 21.6. The summed E-state index contributed by atoms with van der Waals surface area (Å²) < 4.78 is 23.2. The molecule has 2 atom stereocenters. The molecule has 50 heavy (non-hydrogen) atoms. The number of rotatable bonds is 6. The maximum absolute atomic E-state index is 5.79. The van der Waals surface area contributed by atoms with E-state index in [-0.39, 0.29) is 12.1 Å². The number of aromatic nitrogens is 6. The van der Waals surface area contributed by atoms with Crippen molar-refractivity contribution in [2.75, 3.05) is 111 Å². The number of fused-ring (bicyclic) bond motifs is 4. The van der Waals surface area contributed by atoms with Crippen LogP contribution in [0.25, 0.3) is 0 Å². The molecule has 4 bridgehead atoms. The Hall–Kier alpha value is -3.34. The second-order valence-electron chi connectivity index (χ2n) is 13.4. The van der Waals surface area contributed by atoms with Crippen molar-refractivity contribution in [1.82, 2.24) is 29.9 Å². The first kappa shape index (κ1) is 37.9. The molecule has 5 rings (SSSR count). The van der Waals surface area contributed by atoms with Gasteiger partial charge in [-0.15, -0.1) is 0 Å². The fourth-order valence-electron chi connectivity index (χ4n) is 6.69. The molecule has 0 unspecified atom stereocenters. The Morgan fingerprint density at radius 3 is 1.04 bits per heavy atom. The van der Waals surface area contributed by atoms with Crippen LogP contribution < -0.4 is 31.9 Å². The van der Waals surface area contributed by atoms with E-state index in [2.05, 4.69) is 75.7 Å². The van der Waals surface area contributed by atoms with Gasteiger partial charge in [0.15, 0.2) is 0 Å². The van der Waals surface area contributed by atoms with E-state index in [1.807, 2.05) is 0 Å². The number of hydrogen-bond acceptors (Lipinski definition) is 16. The van der Waals surface area contributed by atoms with E-state index in [4.69, 9.17) is 18.9 Å². The van der Waals surface area contributed by atoms with Gasteiger partial charge in [-0.25, -0.2) is 0 Å². The highest BCUT2D eigenvalue weighted by Gasteiger charge is 2.22. The van der Waals surface area contributed by atoms with Gasteiger partial charge in [-0.2, -0.15) is 29.9 Å². The molecule has 0 aromatic carbocycles. The van der Waals surface area contributed by atoms with Gasteiger partial charge in [0.25, 0.3) is 0 Å². The summed E-state index contributed by atoms with van der Waals surface area (Å²) in [6.45, 7) is 10.5. The van der Waals surface area contributed by atoms with Crippen LogP contribution in [0.5, 0.6) is 0 Å². The summed E-state index contributed by atoms with van der Waals surface area (Å²) in [5, 5.41) is 20.2. The standard InChI is InChI=1S/C34H60N12O4/c1-25(27-9-5-3-6-10-27)39-33-43-29-35-13-17-47-21-23-49-19-15-37-31-42-32(46-34(45-31)40-26(2)28-11-7-4-8-12-28)38-16-20-50-24-22-48-18-14-36-30(41-29)44-33/h25-28H,3-24H2,1-2H3,(H3,35,36,39,41,43,44)(H3,37,38,40,42,45,46)/t25-,26-/m0/s1. The highest BCUT2D eigenvalue weighted by molar-refractivity contribution is 5.43. The maximum Gasteiger partial charge on any atom is 0.229 e. The van der Waals surface area contributed by atoms with Gasteiger partial charge in [-0.3, -0.25) is 0 Å².